The first-order chi connectivity index (χ1) is 8.23. The van der Waals surface area contributed by atoms with Gasteiger partial charge in [0.2, 0.25) is 10.0 Å². The summed E-state index contributed by atoms with van der Waals surface area (Å²) in [5, 5.41) is 0. The Kier molecular flexibility index (Phi) is 3.19. The molecule has 0 spiro atoms. The van der Waals surface area contributed by atoms with E-state index in [0.29, 0.717) is 12.4 Å². The van der Waals surface area contributed by atoms with Gasteiger partial charge in [0, 0.05) is 17.9 Å². The molecule has 0 saturated carbocycles. The summed E-state index contributed by atoms with van der Waals surface area (Å²) >= 11 is 0. The summed E-state index contributed by atoms with van der Waals surface area (Å²) in [6.45, 7) is 6.27. The molecule has 1 saturated heterocycles. The molecular weight excluding hydrogens is 250 g/mol. The van der Waals surface area contributed by atoms with Gasteiger partial charge in [-0.3, -0.25) is 0 Å². The van der Waals surface area contributed by atoms with Crippen molar-refractivity contribution in [1.82, 2.24) is 14.3 Å². The second-order valence-electron chi connectivity index (χ2n) is 5.19. The van der Waals surface area contributed by atoms with Gasteiger partial charge in [-0.1, -0.05) is 0 Å². The summed E-state index contributed by atoms with van der Waals surface area (Å²) in [6.07, 6.45) is 2.86. The zero-order valence-electron chi connectivity index (χ0n) is 11.3. The van der Waals surface area contributed by atoms with Crippen LogP contribution in [0.1, 0.15) is 37.0 Å². The molecule has 1 aromatic heterocycles. The molecule has 1 fully saturated rings. The second kappa shape index (κ2) is 4.28. The van der Waals surface area contributed by atoms with Crippen molar-refractivity contribution in [1.29, 1.82) is 0 Å². The number of hydrogen-bond donors (Lipinski definition) is 0. The molecule has 6 heteroatoms. The second-order valence-corrected chi connectivity index (χ2v) is 7.09. The molecule has 0 aromatic carbocycles. The minimum Gasteiger partial charge on any atom is -0.236 e. The van der Waals surface area contributed by atoms with Gasteiger partial charge in [-0.15, -0.1) is 0 Å². The van der Waals surface area contributed by atoms with E-state index in [0.717, 1.165) is 24.2 Å². The van der Waals surface area contributed by atoms with Crippen molar-refractivity contribution in [3.8, 4) is 0 Å². The van der Waals surface area contributed by atoms with Crippen molar-refractivity contribution in [2.24, 2.45) is 0 Å². The standard InChI is InChI=1S/C12H19N3O2S/c1-9-8-10(2)14-11(13-9)12(3)6-5-7-15(12)18(4,16)17/h8H,5-7H2,1-4H3/t12-/m1/s1. The minimum atomic E-state index is -3.23. The lowest BCUT2D eigenvalue weighted by Crippen LogP contribution is -2.43. The van der Waals surface area contributed by atoms with Crippen molar-refractivity contribution in [2.75, 3.05) is 12.8 Å². The molecule has 18 heavy (non-hydrogen) atoms. The number of sulfonamides is 1. The lowest BCUT2D eigenvalue weighted by Gasteiger charge is -2.32. The van der Waals surface area contributed by atoms with Crippen molar-refractivity contribution in [3.63, 3.8) is 0 Å². The molecule has 0 aliphatic carbocycles. The van der Waals surface area contributed by atoms with Crippen LogP contribution < -0.4 is 0 Å². The van der Waals surface area contributed by atoms with E-state index in [1.54, 1.807) is 0 Å². The van der Waals surface area contributed by atoms with E-state index in [1.165, 1.54) is 10.6 Å². The summed E-state index contributed by atoms with van der Waals surface area (Å²) in [4.78, 5) is 8.87. The lowest BCUT2D eigenvalue weighted by molar-refractivity contribution is 0.256. The number of aryl methyl sites for hydroxylation is 2. The van der Waals surface area contributed by atoms with Crippen LogP contribution in [0.4, 0.5) is 0 Å². The van der Waals surface area contributed by atoms with Crippen LogP contribution in [0.15, 0.2) is 6.07 Å². The molecule has 0 amide bonds. The summed E-state index contributed by atoms with van der Waals surface area (Å²) in [5.41, 5.74) is 1.14. The summed E-state index contributed by atoms with van der Waals surface area (Å²) < 4.78 is 25.2. The molecular formula is C12H19N3O2S. The maximum absolute atomic E-state index is 11.9. The highest BCUT2D eigenvalue weighted by Crippen LogP contribution is 2.38. The van der Waals surface area contributed by atoms with E-state index in [9.17, 15) is 8.42 Å². The quantitative estimate of drug-likeness (QED) is 0.813. The largest absolute Gasteiger partial charge is 0.236 e. The van der Waals surface area contributed by atoms with Gasteiger partial charge in [0.15, 0.2) is 0 Å². The molecule has 2 heterocycles. The van der Waals surface area contributed by atoms with Crippen molar-refractivity contribution in [3.05, 3.63) is 23.3 Å². The highest BCUT2D eigenvalue weighted by atomic mass is 32.2. The van der Waals surface area contributed by atoms with E-state index < -0.39 is 15.6 Å². The molecule has 0 radical (unpaired) electrons. The van der Waals surface area contributed by atoms with Gasteiger partial charge in [0.05, 0.1) is 11.8 Å². The van der Waals surface area contributed by atoms with Gasteiger partial charge >= 0.3 is 0 Å². The third kappa shape index (κ3) is 2.27. The summed E-state index contributed by atoms with van der Waals surface area (Å²) in [5.74, 6) is 0.614. The van der Waals surface area contributed by atoms with Gasteiger partial charge in [-0.05, 0) is 39.7 Å². The minimum absolute atomic E-state index is 0.547. The third-order valence-electron chi connectivity index (χ3n) is 3.44. The van der Waals surface area contributed by atoms with E-state index in [2.05, 4.69) is 9.97 Å². The zero-order valence-corrected chi connectivity index (χ0v) is 12.1. The third-order valence-corrected chi connectivity index (χ3v) is 4.83. The van der Waals surface area contributed by atoms with Crippen LogP contribution in [0.3, 0.4) is 0 Å². The van der Waals surface area contributed by atoms with Crippen LogP contribution in [0, 0.1) is 13.8 Å². The topological polar surface area (TPSA) is 63.2 Å². The molecule has 1 aromatic rings. The summed E-state index contributed by atoms with van der Waals surface area (Å²) in [7, 11) is -3.23. The van der Waals surface area contributed by atoms with E-state index in [4.69, 9.17) is 0 Å². The Hall–Kier alpha value is -1.01. The SMILES string of the molecule is Cc1cc(C)nc([C@@]2(C)CCCN2S(C)(=O)=O)n1. The Morgan fingerprint density at radius 3 is 2.33 bits per heavy atom. The van der Waals surface area contributed by atoms with Crippen LogP contribution >= 0.6 is 0 Å². The maximum atomic E-state index is 11.9. The Morgan fingerprint density at radius 2 is 1.83 bits per heavy atom. The van der Waals surface area contributed by atoms with Crippen LogP contribution in [-0.4, -0.2) is 35.5 Å². The predicted molar refractivity (Wildman–Crippen MR) is 69.6 cm³/mol. The molecule has 1 atom stereocenters. The molecule has 0 bridgehead atoms. The number of rotatable bonds is 2. The number of hydrogen-bond acceptors (Lipinski definition) is 4. The van der Waals surface area contributed by atoms with Crippen molar-refractivity contribution in [2.45, 2.75) is 39.2 Å². The molecule has 100 valence electrons. The Balaban J connectivity index is 2.53. The number of nitrogens with zero attached hydrogens (tertiary/aromatic N) is 3. The normalized spacial score (nSPS) is 25.6. The monoisotopic (exact) mass is 269 g/mol. The van der Waals surface area contributed by atoms with Gasteiger partial charge in [0.1, 0.15) is 5.82 Å². The molecule has 1 aliphatic heterocycles. The average Bonchev–Trinajstić information content (AvgIpc) is 2.59. The zero-order chi connectivity index (χ0) is 13.6. The van der Waals surface area contributed by atoms with Gasteiger partial charge < -0.3 is 0 Å². The Labute approximate surface area is 108 Å². The number of aromatic nitrogens is 2. The van der Waals surface area contributed by atoms with Crippen LogP contribution in [0.5, 0.6) is 0 Å². The Bertz CT molecular complexity index is 550. The smallest absolute Gasteiger partial charge is 0.212 e. The van der Waals surface area contributed by atoms with E-state index >= 15 is 0 Å². The van der Waals surface area contributed by atoms with Crippen molar-refractivity contribution >= 4 is 10.0 Å². The first kappa shape index (κ1) is 13.4. The first-order valence-electron chi connectivity index (χ1n) is 6.04. The lowest BCUT2D eigenvalue weighted by atomic mass is 9.99. The van der Waals surface area contributed by atoms with Gasteiger partial charge in [-0.25, -0.2) is 18.4 Å². The van der Waals surface area contributed by atoms with Crippen LogP contribution in [0.2, 0.25) is 0 Å². The summed E-state index contributed by atoms with van der Waals surface area (Å²) in [6, 6.07) is 1.90. The molecule has 1 aliphatic rings. The van der Waals surface area contributed by atoms with Gasteiger partial charge in [0.25, 0.3) is 0 Å². The molecule has 0 unspecified atom stereocenters. The Morgan fingerprint density at radius 1 is 1.28 bits per heavy atom. The van der Waals surface area contributed by atoms with Crippen LogP contribution in [0.25, 0.3) is 0 Å². The van der Waals surface area contributed by atoms with Crippen LogP contribution in [-0.2, 0) is 15.6 Å². The fraction of sp³-hybridized carbons (Fsp3) is 0.667. The highest BCUT2D eigenvalue weighted by Gasteiger charge is 2.45. The average molecular weight is 269 g/mol. The molecule has 0 N–H and O–H groups in total. The molecule has 5 nitrogen and oxygen atoms in total. The highest BCUT2D eigenvalue weighted by molar-refractivity contribution is 7.88. The van der Waals surface area contributed by atoms with E-state index in [-0.39, 0.29) is 0 Å². The fourth-order valence-corrected chi connectivity index (χ4v) is 4.03. The van der Waals surface area contributed by atoms with Crippen molar-refractivity contribution < 1.29 is 8.42 Å². The molecule has 2 rings (SSSR count). The van der Waals surface area contributed by atoms with E-state index in [1.807, 2.05) is 26.8 Å². The maximum Gasteiger partial charge on any atom is 0.212 e. The predicted octanol–water partition coefficient (Wildman–Crippen LogP) is 1.36. The first-order valence-corrected chi connectivity index (χ1v) is 7.89. The van der Waals surface area contributed by atoms with Gasteiger partial charge in [-0.2, -0.15) is 4.31 Å². The fourth-order valence-electron chi connectivity index (χ4n) is 2.66.